The van der Waals surface area contributed by atoms with E-state index in [1.54, 1.807) is 0 Å². The summed E-state index contributed by atoms with van der Waals surface area (Å²) in [5, 5.41) is 14.0. The minimum absolute atomic E-state index is 0.0714. The molecule has 24 heavy (non-hydrogen) atoms. The standard InChI is InChI=1S/C16H20N4O2S2/c1-4-6-13(21)18-15-19-20-16(24-15)23-9-14(22)17-12-8-5-7-10(2)11(12)3/h5,7-8H,4,6,9H2,1-3H3,(H,17,22)(H,18,19,21). The van der Waals surface area contributed by atoms with Crippen molar-refractivity contribution in [1.29, 1.82) is 0 Å². The minimum Gasteiger partial charge on any atom is -0.325 e. The Morgan fingerprint density at radius 1 is 1.17 bits per heavy atom. The Morgan fingerprint density at radius 3 is 2.71 bits per heavy atom. The molecule has 0 aliphatic heterocycles. The maximum atomic E-state index is 12.1. The molecule has 0 bridgehead atoms. The quantitative estimate of drug-likeness (QED) is 0.579. The molecule has 2 N–H and O–H groups in total. The van der Waals surface area contributed by atoms with Crippen molar-refractivity contribution >= 4 is 45.7 Å². The Labute approximate surface area is 149 Å². The highest BCUT2D eigenvalue weighted by atomic mass is 32.2. The number of hydrogen-bond donors (Lipinski definition) is 2. The molecule has 1 heterocycles. The van der Waals surface area contributed by atoms with Crippen LogP contribution in [0.2, 0.25) is 0 Å². The van der Waals surface area contributed by atoms with Gasteiger partial charge in [0, 0.05) is 12.1 Å². The number of aryl methyl sites for hydroxylation is 1. The number of anilines is 2. The summed E-state index contributed by atoms with van der Waals surface area (Å²) in [5.74, 6) is 0.0728. The number of nitrogens with zero attached hydrogens (tertiary/aromatic N) is 2. The third-order valence-electron chi connectivity index (χ3n) is 3.34. The summed E-state index contributed by atoms with van der Waals surface area (Å²) in [4.78, 5) is 23.6. The van der Waals surface area contributed by atoms with Crippen LogP contribution < -0.4 is 10.6 Å². The van der Waals surface area contributed by atoms with Crippen molar-refractivity contribution < 1.29 is 9.59 Å². The Bertz CT molecular complexity index is 731. The second kappa shape index (κ2) is 8.79. The Hall–Kier alpha value is -1.93. The molecule has 128 valence electrons. The first-order valence-electron chi connectivity index (χ1n) is 7.61. The van der Waals surface area contributed by atoms with Gasteiger partial charge in [0.25, 0.3) is 0 Å². The summed E-state index contributed by atoms with van der Waals surface area (Å²) in [6.45, 7) is 5.93. The number of aromatic nitrogens is 2. The molecule has 2 aromatic rings. The van der Waals surface area contributed by atoms with Gasteiger partial charge in [-0.15, -0.1) is 10.2 Å². The SMILES string of the molecule is CCCC(=O)Nc1nnc(SCC(=O)Nc2cccc(C)c2C)s1. The zero-order valence-electron chi connectivity index (χ0n) is 13.9. The van der Waals surface area contributed by atoms with Crippen molar-refractivity contribution in [2.75, 3.05) is 16.4 Å². The minimum atomic E-state index is -0.0968. The summed E-state index contributed by atoms with van der Waals surface area (Å²) in [5.41, 5.74) is 3.02. The fraction of sp³-hybridized carbons (Fsp3) is 0.375. The van der Waals surface area contributed by atoms with Crippen molar-refractivity contribution in [1.82, 2.24) is 10.2 Å². The van der Waals surface area contributed by atoms with E-state index in [1.165, 1.54) is 23.1 Å². The first-order valence-corrected chi connectivity index (χ1v) is 9.42. The van der Waals surface area contributed by atoms with Crippen LogP contribution in [0.25, 0.3) is 0 Å². The summed E-state index contributed by atoms with van der Waals surface area (Å²) < 4.78 is 0.651. The fourth-order valence-corrected chi connectivity index (χ4v) is 3.50. The topological polar surface area (TPSA) is 84.0 Å². The van der Waals surface area contributed by atoms with Crippen LogP contribution in [0.3, 0.4) is 0 Å². The maximum absolute atomic E-state index is 12.1. The monoisotopic (exact) mass is 364 g/mol. The zero-order chi connectivity index (χ0) is 17.5. The van der Waals surface area contributed by atoms with E-state index in [1.807, 2.05) is 39.0 Å². The van der Waals surface area contributed by atoms with E-state index in [0.717, 1.165) is 23.2 Å². The molecular formula is C16H20N4O2S2. The summed E-state index contributed by atoms with van der Waals surface area (Å²) >= 11 is 2.57. The first-order chi connectivity index (χ1) is 11.5. The van der Waals surface area contributed by atoms with Gasteiger partial charge in [0.2, 0.25) is 16.9 Å². The molecule has 0 unspecified atom stereocenters. The fourth-order valence-electron chi connectivity index (χ4n) is 1.93. The zero-order valence-corrected chi connectivity index (χ0v) is 15.5. The highest BCUT2D eigenvalue weighted by Gasteiger charge is 2.11. The molecule has 0 spiro atoms. The van der Waals surface area contributed by atoms with E-state index in [-0.39, 0.29) is 17.6 Å². The predicted octanol–water partition coefficient (Wildman–Crippen LogP) is 3.62. The van der Waals surface area contributed by atoms with Gasteiger partial charge in [-0.3, -0.25) is 9.59 Å². The molecule has 1 aromatic carbocycles. The molecule has 0 fully saturated rings. The van der Waals surface area contributed by atoms with Crippen LogP contribution in [-0.2, 0) is 9.59 Å². The highest BCUT2D eigenvalue weighted by molar-refractivity contribution is 8.01. The second-order valence-electron chi connectivity index (χ2n) is 5.26. The van der Waals surface area contributed by atoms with E-state index >= 15 is 0 Å². The van der Waals surface area contributed by atoms with Gasteiger partial charge in [-0.25, -0.2) is 0 Å². The molecule has 2 amide bonds. The Morgan fingerprint density at radius 2 is 1.96 bits per heavy atom. The van der Waals surface area contributed by atoms with Crippen LogP contribution in [0.5, 0.6) is 0 Å². The molecule has 0 saturated carbocycles. The number of carbonyl (C=O) groups is 2. The van der Waals surface area contributed by atoms with Gasteiger partial charge in [-0.1, -0.05) is 42.2 Å². The molecule has 6 nitrogen and oxygen atoms in total. The Kier molecular flexibility index (Phi) is 6.74. The van der Waals surface area contributed by atoms with Crippen molar-refractivity contribution in [3.8, 4) is 0 Å². The number of carbonyl (C=O) groups excluding carboxylic acids is 2. The van der Waals surface area contributed by atoms with Crippen molar-refractivity contribution in [2.45, 2.75) is 38.0 Å². The number of rotatable bonds is 7. The first kappa shape index (κ1) is 18.4. The number of amides is 2. The van der Waals surface area contributed by atoms with E-state index < -0.39 is 0 Å². The van der Waals surface area contributed by atoms with Crippen LogP contribution in [0.4, 0.5) is 10.8 Å². The normalized spacial score (nSPS) is 10.5. The molecule has 0 aliphatic carbocycles. The lowest BCUT2D eigenvalue weighted by Crippen LogP contribution is -2.15. The molecule has 0 aliphatic rings. The van der Waals surface area contributed by atoms with E-state index in [2.05, 4.69) is 20.8 Å². The van der Waals surface area contributed by atoms with E-state index in [0.29, 0.717) is 15.9 Å². The lowest BCUT2D eigenvalue weighted by molar-refractivity contribution is -0.116. The predicted molar refractivity (Wildman–Crippen MR) is 98.7 cm³/mol. The van der Waals surface area contributed by atoms with Gasteiger partial charge in [0.15, 0.2) is 4.34 Å². The van der Waals surface area contributed by atoms with Gasteiger partial charge in [0.05, 0.1) is 5.75 Å². The lowest BCUT2D eigenvalue weighted by atomic mass is 10.1. The van der Waals surface area contributed by atoms with Crippen LogP contribution >= 0.6 is 23.1 Å². The summed E-state index contributed by atoms with van der Waals surface area (Å²) in [6, 6.07) is 5.81. The lowest BCUT2D eigenvalue weighted by Gasteiger charge is -2.09. The number of hydrogen-bond acceptors (Lipinski definition) is 6. The van der Waals surface area contributed by atoms with Gasteiger partial charge in [-0.05, 0) is 37.5 Å². The number of thioether (sulfide) groups is 1. The average Bonchev–Trinajstić information content (AvgIpc) is 2.97. The third-order valence-corrected chi connectivity index (χ3v) is 5.31. The molecule has 1 aromatic heterocycles. The van der Waals surface area contributed by atoms with Crippen molar-refractivity contribution in [2.24, 2.45) is 0 Å². The Balaban J connectivity index is 1.85. The van der Waals surface area contributed by atoms with E-state index in [9.17, 15) is 9.59 Å². The van der Waals surface area contributed by atoms with Crippen LogP contribution in [0, 0.1) is 13.8 Å². The maximum Gasteiger partial charge on any atom is 0.234 e. The number of nitrogens with one attached hydrogen (secondary N) is 2. The number of benzene rings is 1. The van der Waals surface area contributed by atoms with Crippen molar-refractivity contribution in [3.05, 3.63) is 29.3 Å². The smallest absolute Gasteiger partial charge is 0.234 e. The third kappa shape index (κ3) is 5.31. The summed E-state index contributed by atoms with van der Waals surface area (Å²) in [7, 11) is 0. The molecular weight excluding hydrogens is 344 g/mol. The summed E-state index contributed by atoms with van der Waals surface area (Å²) in [6.07, 6.45) is 1.24. The van der Waals surface area contributed by atoms with Gasteiger partial charge in [0.1, 0.15) is 0 Å². The van der Waals surface area contributed by atoms with Crippen molar-refractivity contribution in [3.63, 3.8) is 0 Å². The van der Waals surface area contributed by atoms with Gasteiger partial charge < -0.3 is 10.6 Å². The molecule has 0 radical (unpaired) electrons. The van der Waals surface area contributed by atoms with Crippen LogP contribution in [0.1, 0.15) is 30.9 Å². The van der Waals surface area contributed by atoms with Crippen LogP contribution in [0.15, 0.2) is 22.5 Å². The van der Waals surface area contributed by atoms with Gasteiger partial charge in [-0.2, -0.15) is 0 Å². The molecule has 2 rings (SSSR count). The largest absolute Gasteiger partial charge is 0.325 e. The van der Waals surface area contributed by atoms with Crippen LogP contribution in [-0.4, -0.2) is 27.8 Å². The van der Waals surface area contributed by atoms with Gasteiger partial charge >= 0.3 is 0 Å². The molecule has 0 saturated heterocycles. The second-order valence-corrected chi connectivity index (χ2v) is 7.46. The highest BCUT2D eigenvalue weighted by Crippen LogP contribution is 2.26. The molecule has 8 heteroatoms. The van der Waals surface area contributed by atoms with E-state index in [4.69, 9.17) is 0 Å². The molecule has 0 atom stereocenters. The average molecular weight is 364 g/mol.